The zero-order chi connectivity index (χ0) is 22.7. The van der Waals surface area contributed by atoms with Crippen LogP contribution in [-0.4, -0.2) is 56.3 Å². The number of piperazine rings is 1. The molecule has 0 atom stereocenters. The lowest BCUT2D eigenvalue weighted by atomic mass is 9.98. The summed E-state index contributed by atoms with van der Waals surface area (Å²) in [6.07, 6.45) is -4.00. The summed E-state index contributed by atoms with van der Waals surface area (Å²) in [5.74, 6) is -0.203. The Hall–Kier alpha value is -1.71. The van der Waals surface area contributed by atoms with Gasteiger partial charge < -0.3 is 15.5 Å². The average Bonchev–Trinajstić information content (AvgIpc) is 2.78. The van der Waals surface area contributed by atoms with E-state index < -0.39 is 12.6 Å². The summed E-state index contributed by atoms with van der Waals surface area (Å²) < 4.78 is 37.5. The second kappa shape index (κ2) is 12.3. The first-order valence-corrected chi connectivity index (χ1v) is 11.1. The first kappa shape index (κ1) is 28.5. The number of amides is 1. The Bertz CT molecular complexity index is 982. The largest absolute Gasteiger partial charge is 0.390 e. The first-order valence-electron chi connectivity index (χ1n) is 10.8. The van der Waals surface area contributed by atoms with Crippen molar-refractivity contribution >= 4 is 53.7 Å². The van der Waals surface area contributed by atoms with Crippen LogP contribution in [0.2, 0.25) is 5.02 Å². The molecule has 34 heavy (non-hydrogen) atoms. The molecule has 2 heterocycles. The molecular weight excluding hydrogens is 512 g/mol. The van der Waals surface area contributed by atoms with Gasteiger partial charge in [0.1, 0.15) is 0 Å². The molecule has 11 heteroatoms. The second-order valence-corrected chi connectivity index (χ2v) is 8.66. The molecule has 0 aliphatic carbocycles. The smallest absolute Gasteiger partial charge is 0.367 e. The van der Waals surface area contributed by atoms with Crippen LogP contribution < -0.4 is 15.5 Å². The highest BCUT2D eigenvalue weighted by atomic mass is 35.5. The number of nitrogens with one attached hydrogen (secondary N) is 2. The molecule has 0 spiro atoms. The van der Waals surface area contributed by atoms with Crippen LogP contribution in [-0.2, 0) is 13.0 Å². The monoisotopic (exact) mass is 538 g/mol. The van der Waals surface area contributed by atoms with E-state index in [1.54, 1.807) is 18.2 Å². The molecule has 2 aromatic rings. The molecule has 0 aromatic heterocycles. The van der Waals surface area contributed by atoms with Gasteiger partial charge in [0.25, 0.3) is 5.91 Å². The lowest BCUT2D eigenvalue weighted by Gasteiger charge is -2.37. The maximum Gasteiger partial charge on any atom is 0.390 e. The molecule has 2 N–H and O–H groups in total. The fraction of sp³-hybridized carbons (Fsp3) is 0.435. The molecule has 0 saturated carbocycles. The van der Waals surface area contributed by atoms with Crippen LogP contribution in [0.3, 0.4) is 0 Å². The summed E-state index contributed by atoms with van der Waals surface area (Å²) in [7, 11) is 0. The van der Waals surface area contributed by atoms with E-state index in [1.807, 2.05) is 23.1 Å². The summed E-state index contributed by atoms with van der Waals surface area (Å²) in [5, 5.41) is 6.85. The van der Waals surface area contributed by atoms with Crippen LogP contribution in [0.5, 0.6) is 0 Å². The number of nitrogens with zero attached hydrogens (tertiary/aromatic N) is 2. The Kier molecular flexibility index (Phi) is 10.3. The van der Waals surface area contributed by atoms with Crippen molar-refractivity contribution in [2.45, 2.75) is 25.6 Å². The van der Waals surface area contributed by atoms with Crippen LogP contribution in [0.1, 0.15) is 27.9 Å². The van der Waals surface area contributed by atoms with Gasteiger partial charge in [0.05, 0.1) is 17.8 Å². The Morgan fingerprint density at radius 2 is 1.76 bits per heavy atom. The van der Waals surface area contributed by atoms with Crippen molar-refractivity contribution in [3.63, 3.8) is 0 Å². The Morgan fingerprint density at radius 3 is 2.47 bits per heavy atom. The van der Waals surface area contributed by atoms with Crippen LogP contribution in [0, 0.1) is 0 Å². The SMILES string of the molecule is Cl.Cl.O=C(Nc1ccc(Cl)cc1N1CCN(CCC(F)(F)F)CC1)c1ccc2c(c1)CNCC2. The van der Waals surface area contributed by atoms with Gasteiger partial charge in [0, 0.05) is 49.9 Å². The van der Waals surface area contributed by atoms with Crippen LogP contribution in [0.15, 0.2) is 36.4 Å². The van der Waals surface area contributed by atoms with Gasteiger partial charge in [0.15, 0.2) is 0 Å². The number of halogens is 6. The number of carbonyl (C=O) groups is 1. The normalized spacial score (nSPS) is 16.2. The van der Waals surface area contributed by atoms with E-state index in [4.69, 9.17) is 11.6 Å². The summed E-state index contributed by atoms with van der Waals surface area (Å²) in [5.41, 5.74) is 4.40. The Morgan fingerprint density at radius 1 is 1.03 bits per heavy atom. The van der Waals surface area contributed by atoms with Gasteiger partial charge in [0.2, 0.25) is 0 Å². The number of alkyl halides is 3. The van der Waals surface area contributed by atoms with Gasteiger partial charge in [-0.15, -0.1) is 24.8 Å². The van der Waals surface area contributed by atoms with Gasteiger partial charge >= 0.3 is 6.18 Å². The summed E-state index contributed by atoms with van der Waals surface area (Å²) >= 11 is 6.22. The highest BCUT2D eigenvalue weighted by molar-refractivity contribution is 6.31. The van der Waals surface area contributed by atoms with Gasteiger partial charge in [-0.2, -0.15) is 13.2 Å². The van der Waals surface area contributed by atoms with Gasteiger partial charge in [-0.1, -0.05) is 17.7 Å². The van der Waals surface area contributed by atoms with Crippen molar-refractivity contribution in [2.24, 2.45) is 0 Å². The second-order valence-electron chi connectivity index (χ2n) is 8.22. The number of hydrogen-bond donors (Lipinski definition) is 2. The molecule has 5 nitrogen and oxygen atoms in total. The predicted molar refractivity (Wildman–Crippen MR) is 135 cm³/mol. The molecule has 1 fully saturated rings. The topological polar surface area (TPSA) is 47.6 Å². The molecule has 1 saturated heterocycles. The predicted octanol–water partition coefficient (Wildman–Crippen LogP) is 5.16. The zero-order valence-corrected chi connectivity index (χ0v) is 20.8. The van der Waals surface area contributed by atoms with Crippen LogP contribution in [0.25, 0.3) is 0 Å². The summed E-state index contributed by atoms with van der Waals surface area (Å²) in [6.45, 7) is 3.86. The minimum absolute atomic E-state index is 0. The zero-order valence-electron chi connectivity index (χ0n) is 18.5. The lowest BCUT2D eigenvalue weighted by molar-refractivity contribution is -0.138. The van der Waals surface area contributed by atoms with Gasteiger partial charge in [-0.25, -0.2) is 0 Å². The van der Waals surface area contributed by atoms with E-state index in [9.17, 15) is 18.0 Å². The Labute approximate surface area is 214 Å². The van der Waals surface area contributed by atoms with Crippen molar-refractivity contribution in [1.82, 2.24) is 10.2 Å². The minimum atomic E-state index is -4.14. The quantitative estimate of drug-likeness (QED) is 0.551. The molecule has 0 radical (unpaired) electrons. The van der Waals surface area contributed by atoms with Crippen molar-refractivity contribution in [2.75, 3.05) is 49.5 Å². The number of carbonyl (C=O) groups excluding carboxylic acids is 1. The molecule has 1 amide bonds. The lowest BCUT2D eigenvalue weighted by Crippen LogP contribution is -2.47. The number of anilines is 2. The van der Waals surface area contributed by atoms with Gasteiger partial charge in [-0.05, 0) is 54.4 Å². The standard InChI is InChI=1S/C23H26ClF3N4O.2ClH/c24-19-3-4-20(29-22(32)17-2-1-16-5-7-28-15-18(16)13-17)21(14-19)31-11-9-30(10-12-31)8-6-23(25,26)27;;/h1-4,13-14,28H,5-12,15H2,(H,29,32);2*1H. The average molecular weight is 540 g/mol. The molecule has 4 rings (SSSR count). The first-order chi connectivity index (χ1) is 15.3. The van der Waals surface area contributed by atoms with E-state index in [0.717, 1.165) is 30.8 Å². The highest BCUT2D eigenvalue weighted by Gasteiger charge is 2.29. The van der Waals surface area contributed by atoms with E-state index in [0.29, 0.717) is 42.5 Å². The fourth-order valence-electron chi connectivity index (χ4n) is 4.19. The van der Waals surface area contributed by atoms with E-state index in [-0.39, 0.29) is 37.3 Å². The van der Waals surface area contributed by atoms with Crippen molar-refractivity contribution in [3.05, 3.63) is 58.1 Å². The van der Waals surface area contributed by atoms with Crippen molar-refractivity contribution in [1.29, 1.82) is 0 Å². The third-order valence-corrected chi connectivity index (χ3v) is 6.22. The summed E-state index contributed by atoms with van der Waals surface area (Å²) in [6, 6.07) is 11.1. The molecule has 188 valence electrons. The number of rotatable bonds is 5. The number of benzene rings is 2. The van der Waals surface area contributed by atoms with Crippen molar-refractivity contribution in [3.8, 4) is 0 Å². The molecule has 0 unspecified atom stereocenters. The maximum absolute atomic E-state index is 13.0. The maximum atomic E-state index is 13.0. The van der Waals surface area contributed by atoms with Gasteiger partial charge in [-0.3, -0.25) is 9.69 Å². The van der Waals surface area contributed by atoms with Crippen molar-refractivity contribution < 1.29 is 18.0 Å². The molecular formula is C23H28Cl3F3N4O. The highest BCUT2D eigenvalue weighted by Crippen LogP contribution is 2.31. The van der Waals surface area contributed by atoms with E-state index >= 15 is 0 Å². The number of hydrogen-bond acceptors (Lipinski definition) is 4. The molecule has 2 aromatic carbocycles. The third-order valence-electron chi connectivity index (χ3n) is 5.99. The fourth-order valence-corrected chi connectivity index (χ4v) is 4.35. The summed E-state index contributed by atoms with van der Waals surface area (Å²) in [4.78, 5) is 16.8. The van der Waals surface area contributed by atoms with Crippen LogP contribution in [0.4, 0.5) is 24.5 Å². The minimum Gasteiger partial charge on any atom is -0.367 e. The van der Waals surface area contributed by atoms with E-state index in [1.165, 1.54) is 5.56 Å². The molecule has 2 aliphatic heterocycles. The third kappa shape index (κ3) is 7.39. The number of fused-ring (bicyclic) bond motifs is 1. The Balaban J connectivity index is 0.00000204. The molecule has 0 bridgehead atoms. The molecule has 2 aliphatic rings. The van der Waals surface area contributed by atoms with E-state index in [2.05, 4.69) is 15.5 Å². The van der Waals surface area contributed by atoms with Crippen LogP contribution >= 0.6 is 36.4 Å².